The van der Waals surface area contributed by atoms with Gasteiger partial charge in [0.15, 0.2) is 0 Å². The number of rotatable bonds is 2. The molecule has 2 unspecified atom stereocenters. The molecule has 0 aromatic heterocycles. The molecular formula is C17H21NO3. The van der Waals surface area contributed by atoms with Crippen molar-refractivity contribution in [1.29, 1.82) is 0 Å². The number of piperidine rings is 1. The lowest BCUT2D eigenvalue weighted by molar-refractivity contribution is -0.159. The minimum absolute atomic E-state index is 0.0196. The first-order chi connectivity index (χ1) is 9.92. The van der Waals surface area contributed by atoms with Crippen LogP contribution in [0, 0.1) is 5.41 Å². The van der Waals surface area contributed by atoms with Gasteiger partial charge in [0.25, 0.3) is 0 Å². The molecule has 4 heteroatoms. The number of carbonyl (C=O) groups excluding carboxylic acids is 1. The third-order valence-corrected chi connectivity index (χ3v) is 4.94. The van der Waals surface area contributed by atoms with E-state index in [0.717, 1.165) is 24.8 Å². The van der Waals surface area contributed by atoms with Gasteiger partial charge in [-0.15, -0.1) is 0 Å². The van der Waals surface area contributed by atoms with Crippen molar-refractivity contribution < 1.29 is 14.7 Å². The molecule has 2 atom stereocenters. The van der Waals surface area contributed by atoms with Crippen LogP contribution >= 0.6 is 0 Å². The molecule has 0 saturated carbocycles. The Kier molecular flexibility index (Phi) is 3.27. The number of nitrogens with zero attached hydrogens (tertiary/aromatic N) is 1. The van der Waals surface area contributed by atoms with E-state index in [1.165, 1.54) is 5.56 Å². The molecule has 1 aromatic rings. The molecule has 112 valence electrons. The fourth-order valence-corrected chi connectivity index (χ4v) is 3.78. The molecule has 0 radical (unpaired) electrons. The van der Waals surface area contributed by atoms with Crippen LogP contribution in [-0.2, 0) is 16.0 Å². The van der Waals surface area contributed by atoms with Crippen LogP contribution in [0.4, 0.5) is 0 Å². The quantitative estimate of drug-likeness (QED) is 0.909. The van der Waals surface area contributed by atoms with Gasteiger partial charge in [0, 0.05) is 6.54 Å². The highest BCUT2D eigenvalue weighted by Crippen LogP contribution is 2.41. The van der Waals surface area contributed by atoms with Crippen LogP contribution < -0.4 is 0 Å². The standard InChI is InChI=1S/C17H21NO3/c1-17(2)8-5-9-18(14(17)16(20)21)15(19)13-10-11-6-3-4-7-12(11)13/h3-4,6-7,13-14H,5,8-10H2,1-2H3,(H,20,21). The maximum atomic E-state index is 12.8. The minimum Gasteiger partial charge on any atom is -0.480 e. The maximum Gasteiger partial charge on any atom is 0.326 e. The number of aliphatic carboxylic acids is 1. The van der Waals surface area contributed by atoms with Crippen molar-refractivity contribution in [3.8, 4) is 0 Å². The van der Waals surface area contributed by atoms with Gasteiger partial charge >= 0.3 is 5.97 Å². The summed E-state index contributed by atoms with van der Waals surface area (Å²) in [5, 5.41) is 9.57. The highest BCUT2D eigenvalue weighted by molar-refractivity contribution is 5.91. The summed E-state index contributed by atoms with van der Waals surface area (Å²) in [5.74, 6) is -1.06. The molecule has 1 saturated heterocycles. The molecule has 1 aliphatic carbocycles. The summed E-state index contributed by atoms with van der Waals surface area (Å²) in [7, 11) is 0. The lowest BCUT2D eigenvalue weighted by Crippen LogP contribution is -2.58. The van der Waals surface area contributed by atoms with Gasteiger partial charge in [0.05, 0.1) is 5.92 Å². The SMILES string of the molecule is CC1(C)CCCN(C(=O)C2Cc3ccccc32)C1C(=O)O. The van der Waals surface area contributed by atoms with E-state index >= 15 is 0 Å². The van der Waals surface area contributed by atoms with Crippen LogP contribution in [0.3, 0.4) is 0 Å². The van der Waals surface area contributed by atoms with Crippen LogP contribution in [0.2, 0.25) is 0 Å². The van der Waals surface area contributed by atoms with E-state index in [-0.39, 0.29) is 17.2 Å². The Hall–Kier alpha value is -1.84. The van der Waals surface area contributed by atoms with Crippen LogP contribution in [0.15, 0.2) is 24.3 Å². The van der Waals surface area contributed by atoms with Crippen LogP contribution in [0.25, 0.3) is 0 Å². The van der Waals surface area contributed by atoms with Crippen LogP contribution in [0.1, 0.15) is 43.7 Å². The van der Waals surface area contributed by atoms with Gasteiger partial charge < -0.3 is 10.0 Å². The molecule has 3 rings (SSSR count). The van der Waals surface area contributed by atoms with Crippen molar-refractivity contribution in [2.45, 2.75) is 45.1 Å². The Morgan fingerprint density at radius 1 is 1.29 bits per heavy atom. The number of likely N-dealkylation sites (tertiary alicyclic amines) is 1. The summed E-state index contributed by atoms with van der Waals surface area (Å²) in [4.78, 5) is 26.1. The Morgan fingerprint density at radius 2 is 2.00 bits per heavy atom. The van der Waals surface area contributed by atoms with Crippen LogP contribution in [0.5, 0.6) is 0 Å². The monoisotopic (exact) mass is 287 g/mol. The molecule has 0 bridgehead atoms. The topological polar surface area (TPSA) is 57.6 Å². The number of amides is 1. The van der Waals surface area contributed by atoms with Crippen LogP contribution in [-0.4, -0.2) is 34.5 Å². The summed E-state index contributed by atoms with van der Waals surface area (Å²) < 4.78 is 0. The molecule has 1 N–H and O–H groups in total. The number of carboxylic acid groups (broad SMARTS) is 1. The van der Waals surface area contributed by atoms with Gasteiger partial charge in [0.2, 0.25) is 5.91 Å². The zero-order valence-electron chi connectivity index (χ0n) is 12.5. The van der Waals surface area contributed by atoms with E-state index in [4.69, 9.17) is 0 Å². The molecule has 1 fully saturated rings. The number of fused-ring (bicyclic) bond motifs is 1. The zero-order chi connectivity index (χ0) is 15.2. The number of carbonyl (C=O) groups is 2. The van der Waals surface area contributed by atoms with Gasteiger partial charge in [-0.05, 0) is 35.8 Å². The third kappa shape index (κ3) is 2.23. The third-order valence-electron chi connectivity index (χ3n) is 4.94. The lowest BCUT2D eigenvalue weighted by atomic mass is 9.73. The Balaban J connectivity index is 1.86. The normalized spacial score (nSPS) is 26.7. The second-order valence-corrected chi connectivity index (χ2v) is 6.82. The van der Waals surface area contributed by atoms with E-state index < -0.39 is 12.0 Å². The summed E-state index contributed by atoms with van der Waals surface area (Å²) >= 11 is 0. The fourth-order valence-electron chi connectivity index (χ4n) is 3.78. The molecule has 0 spiro atoms. The van der Waals surface area contributed by atoms with Crippen molar-refractivity contribution in [1.82, 2.24) is 4.90 Å². The largest absolute Gasteiger partial charge is 0.480 e. The highest BCUT2D eigenvalue weighted by Gasteiger charge is 2.47. The number of benzene rings is 1. The Bertz CT molecular complexity index is 593. The molecule has 1 amide bonds. The van der Waals surface area contributed by atoms with Crippen molar-refractivity contribution in [3.63, 3.8) is 0 Å². The van der Waals surface area contributed by atoms with E-state index in [1.54, 1.807) is 4.90 Å². The zero-order valence-corrected chi connectivity index (χ0v) is 12.5. The number of hydrogen-bond donors (Lipinski definition) is 1. The summed E-state index contributed by atoms with van der Waals surface area (Å²) in [6, 6.07) is 7.21. The van der Waals surface area contributed by atoms with Crippen molar-refractivity contribution >= 4 is 11.9 Å². The molecule has 1 aromatic carbocycles. The van der Waals surface area contributed by atoms with E-state index in [9.17, 15) is 14.7 Å². The Morgan fingerprint density at radius 3 is 2.67 bits per heavy atom. The first-order valence-electron chi connectivity index (χ1n) is 7.53. The summed E-state index contributed by atoms with van der Waals surface area (Å²) in [5.41, 5.74) is 1.90. The van der Waals surface area contributed by atoms with Crippen molar-refractivity contribution in [2.24, 2.45) is 5.41 Å². The average Bonchev–Trinajstić information content (AvgIpc) is 2.38. The molecule has 4 nitrogen and oxygen atoms in total. The number of hydrogen-bond acceptors (Lipinski definition) is 2. The van der Waals surface area contributed by atoms with Gasteiger partial charge in [-0.2, -0.15) is 0 Å². The first-order valence-corrected chi connectivity index (χ1v) is 7.53. The average molecular weight is 287 g/mol. The van der Waals surface area contributed by atoms with Gasteiger partial charge in [-0.1, -0.05) is 38.1 Å². The molecular weight excluding hydrogens is 266 g/mol. The summed E-state index contributed by atoms with van der Waals surface area (Å²) in [6.45, 7) is 4.44. The molecule has 21 heavy (non-hydrogen) atoms. The molecule has 1 aliphatic heterocycles. The van der Waals surface area contributed by atoms with Crippen molar-refractivity contribution in [2.75, 3.05) is 6.54 Å². The molecule has 2 aliphatic rings. The van der Waals surface area contributed by atoms with Gasteiger partial charge in [-0.25, -0.2) is 4.79 Å². The molecule has 1 heterocycles. The fraction of sp³-hybridized carbons (Fsp3) is 0.529. The first kappa shape index (κ1) is 14.1. The Labute approximate surface area is 124 Å². The second-order valence-electron chi connectivity index (χ2n) is 6.82. The van der Waals surface area contributed by atoms with E-state index in [1.807, 2.05) is 38.1 Å². The predicted octanol–water partition coefficient (Wildman–Crippen LogP) is 2.43. The summed E-state index contributed by atoms with van der Waals surface area (Å²) in [6.07, 6.45) is 2.45. The lowest BCUT2D eigenvalue weighted by Gasteiger charge is -2.46. The van der Waals surface area contributed by atoms with Gasteiger partial charge in [0.1, 0.15) is 6.04 Å². The second kappa shape index (κ2) is 4.86. The minimum atomic E-state index is -0.888. The van der Waals surface area contributed by atoms with Crippen molar-refractivity contribution in [3.05, 3.63) is 35.4 Å². The van der Waals surface area contributed by atoms with E-state index in [2.05, 4.69) is 0 Å². The smallest absolute Gasteiger partial charge is 0.326 e. The highest BCUT2D eigenvalue weighted by atomic mass is 16.4. The van der Waals surface area contributed by atoms with E-state index in [0.29, 0.717) is 6.54 Å². The maximum absolute atomic E-state index is 12.8. The van der Waals surface area contributed by atoms with Gasteiger partial charge in [-0.3, -0.25) is 4.79 Å². The number of carboxylic acids is 1. The predicted molar refractivity (Wildman–Crippen MR) is 79.0 cm³/mol.